The molecule has 1 aliphatic rings. The lowest BCUT2D eigenvalue weighted by molar-refractivity contribution is -0.130. The molecule has 0 spiro atoms. The van der Waals surface area contributed by atoms with Gasteiger partial charge in [0.2, 0.25) is 5.91 Å². The van der Waals surface area contributed by atoms with Crippen molar-refractivity contribution in [1.29, 1.82) is 0 Å². The summed E-state index contributed by atoms with van der Waals surface area (Å²) in [6.45, 7) is 8.63. The molecule has 37 heavy (non-hydrogen) atoms. The highest BCUT2D eigenvalue weighted by Crippen LogP contribution is 2.30. The summed E-state index contributed by atoms with van der Waals surface area (Å²) >= 11 is 0. The van der Waals surface area contributed by atoms with Crippen molar-refractivity contribution in [3.05, 3.63) is 29.8 Å². The summed E-state index contributed by atoms with van der Waals surface area (Å²) in [6, 6.07) is 6.09. The quantitative estimate of drug-likeness (QED) is 0.342. The topological polar surface area (TPSA) is 111 Å². The zero-order chi connectivity index (χ0) is 27.4. The number of imide groups is 1. The molecular formula is C27H43N5O5. The van der Waals surface area contributed by atoms with Crippen LogP contribution in [0.1, 0.15) is 56.8 Å². The molecule has 2 atom stereocenters. The van der Waals surface area contributed by atoms with E-state index in [-0.39, 0.29) is 42.8 Å². The van der Waals surface area contributed by atoms with Crippen LogP contribution in [0.5, 0.6) is 0 Å². The smallest absolute Gasteiger partial charge is 0.338 e. The van der Waals surface area contributed by atoms with E-state index in [1.807, 2.05) is 19.0 Å². The summed E-state index contributed by atoms with van der Waals surface area (Å²) in [4.78, 5) is 55.6. The van der Waals surface area contributed by atoms with Gasteiger partial charge in [0.25, 0.3) is 0 Å². The Morgan fingerprint density at radius 2 is 1.86 bits per heavy atom. The fraction of sp³-hybridized carbons (Fsp3) is 0.630. The number of benzene rings is 1. The average molecular weight is 518 g/mol. The van der Waals surface area contributed by atoms with Gasteiger partial charge in [0.1, 0.15) is 0 Å². The maximum absolute atomic E-state index is 13.0. The van der Waals surface area contributed by atoms with E-state index in [2.05, 4.69) is 17.6 Å². The Balaban J connectivity index is 1.91. The maximum Gasteiger partial charge on any atom is 0.338 e. The summed E-state index contributed by atoms with van der Waals surface area (Å²) in [7, 11) is 3.96. The SMILES string of the molecule is CCOC(=O)c1cccc(NC(=O)N2CC[C@@H](CC(=O)N(CC)C(=O)NCCCN(C)C)[C@H](CC)C2)c1. The van der Waals surface area contributed by atoms with Crippen molar-refractivity contribution in [3.8, 4) is 0 Å². The second kappa shape index (κ2) is 15.2. The minimum Gasteiger partial charge on any atom is -0.462 e. The summed E-state index contributed by atoms with van der Waals surface area (Å²) in [6.07, 6.45) is 2.61. The molecule has 1 fully saturated rings. The van der Waals surface area contributed by atoms with E-state index in [1.54, 1.807) is 43.0 Å². The minimum atomic E-state index is -0.432. The molecule has 0 saturated carbocycles. The summed E-state index contributed by atoms with van der Waals surface area (Å²) in [5.74, 6) is -0.358. The first-order valence-corrected chi connectivity index (χ1v) is 13.3. The molecule has 0 radical (unpaired) electrons. The predicted molar refractivity (Wildman–Crippen MR) is 143 cm³/mol. The number of hydrogen-bond acceptors (Lipinski definition) is 6. The molecule has 1 aromatic carbocycles. The second-order valence-corrected chi connectivity index (χ2v) is 9.63. The van der Waals surface area contributed by atoms with Crippen molar-refractivity contribution >= 4 is 29.6 Å². The molecule has 2 N–H and O–H groups in total. The zero-order valence-corrected chi connectivity index (χ0v) is 22.9. The number of ether oxygens (including phenoxy) is 1. The van der Waals surface area contributed by atoms with Gasteiger partial charge in [-0.15, -0.1) is 0 Å². The fourth-order valence-electron chi connectivity index (χ4n) is 4.59. The van der Waals surface area contributed by atoms with Gasteiger partial charge in [-0.3, -0.25) is 9.69 Å². The van der Waals surface area contributed by atoms with Crippen LogP contribution in [0.3, 0.4) is 0 Å². The van der Waals surface area contributed by atoms with E-state index in [9.17, 15) is 19.2 Å². The van der Waals surface area contributed by atoms with Gasteiger partial charge in [-0.2, -0.15) is 0 Å². The molecular weight excluding hydrogens is 474 g/mol. The number of nitrogens with one attached hydrogen (secondary N) is 2. The first-order valence-electron chi connectivity index (χ1n) is 13.3. The van der Waals surface area contributed by atoms with E-state index in [4.69, 9.17) is 4.74 Å². The normalized spacial score (nSPS) is 17.3. The van der Waals surface area contributed by atoms with Gasteiger partial charge in [-0.05, 0) is 77.4 Å². The van der Waals surface area contributed by atoms with Crippen LogP contribution in [0.15, 0.2) is 24.3 Å². The van der Waals surface area contributed by atoms with Crippen LogP contribution in [0.25, 0.3) is 0 Å². The van der Waals surface area contributed by atoms with Gasteiger partial charge < -0.3 is 25.2 Å². The summed E-state index contributed by atoms with van der Waals surface area (Å²) in [5.41, 5.74) is 0.904. The maximum atomic E-state index is 13.0. The molecule has 1 aliphatic heterocycles. The zero-order valence-electron chi connectivity index (χ0n) is 22.9. The van der Waals surface area contributed by atoms with Gasteiger partial charge in [0, 0.05) is 38.3 Å². The van der Waals surface area contributed by atoms with E-state index in [0.717, 1.165) is 19.4 Å². The number of likely N-dealkylation sites (tertiary alicyclic amines) is 1. The predicted octanol–water partition coefficient (Wildman–Crippen LogP) is 3.64. The Kier molecular flexibility index (Phi) is 12.4. The third kappa shape index (κ3) is 9.35. The Hall–Kier alpha value is -3.14. The molecule has 5 amide bonds. The van der Waals surface area contributed by atoms with Crippen molar-refractivity contribution in [1.82, 2.24) is 20.0 Å². The highest BCUT2D eigenvalue weighted by atomic mass is 16.5. The highest BCUT2D eigenvalue weighted by Gasteiger charge is 2.33. The average Bonchev–Trinajstić information content (AvgIpc) is 2.87. The molecule has 0 unspecified atom stereocenters. The van der Waals surface area contributed by atoms with Gasteiger partial charge in [0.15, 0.2) is 0 Å². The van der Waals surface area contributed by atoms with E-state index >= 15 is 0 Å². The van der Waals surface area contributed by atoms with Gasteiger partial charge in [0.05, 0.1) is 12.2 Å². The number of amides is 5. The van der Waals surface area contributed by atoms with E-state index in [1.165, 1.54) is 4.90 Å². The number of nitrogens with zero attached hydrogens (tertiary/aromatic N) is 3. The van der Waals surface area contributed by atoms with Gasteiger partial charge in [-0.25, -0.2) is 14.4 Å². The van der Waals surface area contributed by atoms with Crippen LogP contribution < -0.4 is 10.6 Å². The number of esters is 1. The monoisotopic (exact) mass is 517 g/mol. The number of carbonyl (C=O) groups excluding carboxylic acids is 4. The third-order valence-electron chi connectivity index (χ3n) is 6.69. The van der Waals surface area contributed by atoms with Gasteiger partial charge >= 0.3 is 18.0 Å². The second-order valence-electron chi connectivity index (χ2n) is 9.63. The Labute approximate surface area is 220 Å². The molecule has 0 bridgehead atoms. The number of urea groups is 2. The third-order valence-corrected chi connectivity index (χ3v) is 6.69. The summed E-state index contributed by atoms with van der Waals surface area (Å²) < 4.78 is 5.03. The van der Waals surface area contributed by atoms with Gasteiger partial charge in [-0.1, -0.05) is 19.4 Å². The number of hydrogen-bond donors (Lipinski definition) is 2. The highest BCUT2D eigenvalue weighted by molar-refractivity contribution is 5.95. The van der Waals surface area contributed by atoms with E-state index < -0.39 is 5.97 Å². The summed E-state index contributed by atoms with van der Waals surface area (Å²) in [5, 5.41) is 5.72. The molecule has 0 aliphatic carbocycles. The lowest BCUT2D eigenvalue weighted by atomic mass is 9.81. The van der Waals surface area contributed by atoms with Crippen LogP contribution in [-0.2, 0) is 9.53 Å². The molecule has 10 nitrogen and oxygen atoms in total. The Morgan fingerprint density at radius 1 is 1.11 bits per heavy atom. The van der Waals surface area contributed by atoms with E-state index in [0.29, 0.717) is 43.9 Å². The molecule has 1 aromatic rings. The molecule has 0 aromatic heterocycles. The Bertz CT molecular complexity index is 922. The lowest BCUT2D eigenvalue weighted by Gasteiger charge is -2.38. The van der Waals surface area contributed by atoms with Crippen LogP contribution in [0.4, 0.5) is 15.3 Å². The molecule has 1 saturated heterocycles. The largest absolute Gasteiger partial charge is 0.462 e. The van der Waals surface area contributed by atoms with Crippen molar-refractivity contribution in [2.24, 2.45) is 11.8 Å². The lowest BCUT2D eigenvalue weighted by Crippen LogP contribution is -2.48. The number of carbonyl (C=O) groups is 4. The molecule has 1 heterocycles. The molecule has 206 valence electrons. The number of anilines is 1. The number of rotatable bonds is 11. The standard InChI is InChI=1S/C27H43N5O5/c1-6-20-19-31(27(36)29-23-12-9-11-22(17-23)25(34)37-8-3)16-13-21(20)18-24(33)32(7-2)26(35)28-14-10-15-30(4)5/h9,11-12,17,20-21H,6-8,10,13-16,18-19H2,1-5H3,(H,28,35)(H,29,36)/t20-,21+/m1/s1. The molecule has 10 heteroatoms. The fourth-order valence-corrected chi connectivity index (χ4v) is 4.59. The van der Waals surface area contributed by atoms with Crippen molar-refractivity contribution in [2.45, 2.75) is 46.5 Å². The first kappa shape index (κ1) is 30.1. The van der Waals surface area contributed by atoms with Crippen molar-refractivity contribution in [2.75, 3.05) is 58.7 Å². The number of piperidine rings is 1. The van der Waals surface area contributed by atoms with Crippen LogP contribution in [0, 0.1) is 11.8 Å². The van der Waals surface area contributed by atoms with Crippen LogP contribution in [-0.4, -0.2) is 92.1 Å². The van der Waals surface area contributed by atoms with Crippen molar-refractivity contribution < 1.29 is 23.9 Å². The Morgan fingerprint density at radius 3 is 2.51 bits per heavy atom. The van der Waals surface area contributed by atoms with Crippen LogP contribution in [0.2, 0.25) is 0 Å². The first-order chi connectivity index (χ1) is 17.7. The molecule has 2 rings (SSSR count). The van der Waals surface area contributed by atoms with Crippen molar-refractivity contribution in [3.63, 3.8) is 0 Å². The minimum absolute atomic E-state index is 0.101. The van der Waals surface area contributed by atoms with Crippen LogP contribution >= 0.6 is 0 Å².